The van der Waals surface area contributed by atoms with Crippen LogP contribution in [0, 0.1) is 0 Å². The van der Waals surface area contributed by atoms with E-state index in [1.165, 1.54) is 11.2 Å². The van der Waals surface area contributed by atoms with E-state index in [1.807, 2.05) is 6.07 Å². The Labute approximate surface area is 146 Å². The maximum Gasteiger partial charge on any atom is 0.284 e. The van der Waals surface area contributed by atoms with Crippen LogP contribution >= 0.6 is 11.8 Å². The first-order chi connectivity index (χ1) is 12.2. The van der Waals surface area contributed by atoms with Crippen LogP contribution in [0.5, 0.6) is 0 Å². The number of thioether (sulfide) groups is 1. The summed E-state index contributed by atoms with van der Waals surface area (Å²) < 4.78 is 10.6. The number of fused-ring (bicyclic) bond motifs is 1. The van der Waals surface area contributed by atoms with Gasteiger partial charge in [0, 0.05) is 0 Å². The normalized spacial score (nSPS) is 13.4. The lowest BCUT2D eigenvalue weighted by Crippen LogP contribution is -2.43. The van der Waals surface area contributed by atoms with Gasteiger partial charge in [-0.1, -0.05) is 23.9 Å². The van der Waals surface area contributed by atoms with E-state index in [0.29, 0.717) is 17.1 Å². The lowest BCUT2D eigenvalue weighted by atomic mass is 10.2. The van der Waals surface area contributed by atoms with Crippen molar-refractivity contribution in [2.24, 2.45) is 0 Å². The molecule has 0 saturated heterocycles. The molecule has 1 aromatic carbocycles. The van der Waals surface area contributed by atoms with Crippen LogP contribution in [0.25, 0.3) is 11.7 Å². The van der Waals surface area contributed by atoms with Crippen molar-refractivity contribution in [3.05, 3.63) is 42.7 Å². The predicted molar refractivity (Wildman–Crippen MR) is 90.1 cm³/mol. The number of para-hydroxylation sites is 2. The number of amides is 2. The first-order valence-corrected chi connectivity index (χ1v) is 8.39. The molecular formula is C16H12N4O4S. The number of hydrogen-bond acceptors (Lipinski definition) is 7. The molecule has 9 heteroatoms. The van der Waals surface area contributed by atoms with Crippen molar-refractivity contribution in [2.45, 2.75) is 5.22 Å². The Morgan fingerprint density at radius 2 is 2.12 bits per heavy atom. The van der Waals surface area contributed by atoms with Crippen LogP contribution in [-0.2, 0) is 9.59 Å². The maximum absolute atomic E-state index is 12.5. The van der Waals surface area contributed by atoms with Crippen LogP contribution in [0.2, 0.25) is 0 Å². The van der Waals surface area contributed by atoms with Crippen molar-refractivity contribution in [1.82, 2.24) is 10.2 Å². The highest BCUT2D eigenvalue weighted by molar-refractivity contribution is 7.99. The molecule has 1 aliphatic rings. The summed E-state index contributed by atoms with van der Waals surface area (Å²) in [7, 11) is 0. The van der Waals surface area contributed by atoms with E-state index in [-0.39, 0.29) is 35.2 Å². The zero-order valence-corrected chi connectivity index (χ0v) is 13.7. The molecule has 8 nitrogen and oxygen atoms in total. The van der Waals surface area contributed by atoms with Crippen LogP contribution in [0.4, 0.5) is 11.4 Å². The Morgan fingerprint density at radius 3 is 2.96 bits per heavy atom. The van der Waals surface area contributed by atoms with Crippen molar-refractivity contribution in [1.29, 1.82) is 0 Å². The largest absolute Gasteiger partial charge is 0.459 e. The standard InChI is InChI=1S/C16H12N4O4S/c21-13-8-20(11-5-2-1-4-10(11)17-13)14(22)9-25-16-19-18-15(24-16)12-6-3-7-23-12/h1-7H,8-9H2,(H,17,21). The van der Waals surface area contributed by atoms with Gasteiger partial charge >= 0.3 is 0 Å². The minimum absolute atomic E-state index is 0.0160. The van der Waals surface area contributed by atoms with Gasteiger partial charge in [-0.2, -0.15) is 0 Å². The lowest BCUT2D eigenvalue weighted by molar-refractivity contribution is -0.120. The number of nitrogens with zero attached hydrogens (tertiary/aromatic N) is 3. The van der Waals surface area contributed by atoms with Crippen LogP contribution < -0.4 is 10.2 Å². The fourth-order valence-corrected chi connectivity index (χ4v) is 3.06. The van der Waals surface area contributed by atoms with E-state index >= 15 is 0 Å². The monoisotopic (exact) mass is 356 g/mol. The number of rotatable bonds is 4. The maximum atomic E-state index is 12.5. The van der Waals surface area contributed by atoms with Crippen LogP contribution in [-0.4, -0.2) is 34.3 Å². The molecule has 3 heterocycles. The second kappa shape index (κ2) is 6.44. The van der Waals surface area contributed by atoms with Gasteiger partial charge in [0.15, 0.2) is 5.76 Å². The summed E-state index contributed by atoms with van der Waals surface area (Å²) in [6.07, 6.45) is 1.51. The van der Waals surface area contributed by atoms with E-state index in [9.17, 15) is 9.59 Å². The molecular weight excluding hydrogens is 344 g/mol. The smallest absolute Gasteiger partial charge is 0.284 e. The highest BCUT2D eigenvalue weighted by Gasteiger charge is 2.27. The van der Waals surface area contributed by atoms with Gasteiger partial charge in [0.1, 0.15) is 6.54 Å². The zero-order chi connectivity index (χ0) is 17.2. The van der Waals surface area contributed by atoms with Gasteiger partial charge in [0.25, 0.3) is 11.1 Å². The molecule has 25 heavy (non-hydrogen) atoms. The predicted octanol–water partition coefficient (Wildman–Crippen LogP) is 2.41. The van der Waals surface area contributed by atoms with Crippen LogP contribution in [0.1, 0.15) is 0 Å². The van der Waals surface area contributed by atoms with Gasteiger partial charge in [-0.05, 0) is 24.3 Å². The molecule has 4 rings (SSSR count). The van der Waals surface area contributed by atoms with Gasteiger partial charge in [-0.15, -0.1) is 10.2 Å². The highest BCUT2D eigenvalue weighted by Crippen LogP contribution is 2.30. The van der Waals surface area contributed by atoms with Crippen molar-refractivity contribution in [3.8, 4) is 11.7 Å². The Balaban J connectivity index is 1.45. The number of nitrogens with one attached hydrogen (secondary N) is 1. The van der Waals surface area contributed by atoms with Gasteiger partial charge in [0.05, 0.1) is 23.4 Å². The molecule has 0 spiro atoms. The van der Waals surface area contributed by atoms with E-state index in [1.54, 1.807) is 30.3 Å². The molecule has 3 aromatic rings. The Morgan fingerprint density at radius 1 is 1.24 bits per heavy atom. The second-order valence-electron chi connectivity index (χ2n) is 5.18. The SMILES string of the molecule is O=C1CN(C(=O)CSc2nnc(-c3ccco3)o2)c2ccccc2N1. The van der Waals surface area contributed by atoms with Crippen molar-refractivity contribution >= 4 is 35.0 Å². The summed E-state index contributed by atoms with van der Waals surface area (Å²) in [6, 6.07) is 10.6. The van der Waals surface area contributed by atoms with Crippen molar-refractivity contribution in [3.63, 3.8) is 0 Å². The number of aromatic nitrogens is 2. The third-order valence-corrected chi connectivity index (χ3v) is 4.33. The molecule has 1 N–H and O–H groups in total. The first kappa shape index (κ1) is 15.5. The number of furan rings is 1. The number of hydrogen-bond donors (Lipinski definition) is 1. The first-order valence-electron chi connectivity index (χ1n) is 7.40. The summed E-state index contributed by atoms with van der Waals surface area (Å²) >= 11 is 1.11. The number of benzene rings is 1. The number of carbonyl (C=O) groups is 2. The molecule has 0 atom stereocenters. The summed E-state index contributed by atoms with van der Waals surface area (Å²) in [4.78, 5) is 25.8. The summed E-state index contributed by atoms with van der Waals surface area (Å²) in [5.41, 5.74) is 1.30. The molecule has 0 aliphatic carbocycles. The lowest BCUT2D eigenvalue weighted by Gasteiger charge is -2.28. The molecule has 0 radical (unpaired) electrons. The molecule has 126 valence electrons. The molecule has 0 saturated carbocycles. The average molecular weight is 356 g/mol. The highest BCUT2D eigenvalue weighted by atomic mass is 32.2. The molecule has 2 amide bonds. The summed E-state index contributed by atoms with van der Waals surface area (Å²) in [5, 5.41) is 10.8. The van der Waals surface area contributed by atoms with Gasteiger partial charge in [0.2, 0.25) is 11.8 Å². The molecule has 2 aromatic heterocycles. The Kier molecular flexibility index (Phi) is 3.98. The molecule has 0 bridgehead atoms. The zero-order valence-electron chi connectivity index (χ0n) is 12.8. The molecule has 0 unspecified atom stereocenters. The topological polar surface area (TPSA) is 101 Å². The van der Waals surface area contributed by atoms with E-state index in [4.69, 9.17) is 8.83 Å². The fourth-order valence-electron chi connectivity index (χ4n) is 2.43. The molecule has 0 fully saturated rings. The third-order valence-electron chi connectivity index (χ3n) is 3.53. The Bertz CT molecular complexity index is 922. The van der Waals surface area contributed by atoms with Gasteiger partial charge in [-0.25, -0.2) is 0 Å². The summed E-state index contributed by atoms with van der Waals surface area (Å²) in [6.45, 7) is -0.0160. The number of carbonyl (C=O) groups excluding carboxylic acids is 2. The van der Waals surface area contributed by atoms with Crippen LogP contribution in [0.15, 0.2) is 56.7 Å². The van der Waals surface area contributed by atoms with E-state index in [2.05, 4.69) is 15.5 Å². The fraction of sp³-hybridized carbons (Fsp3) is 0.125. The molecule has 1 aliphatic heterocycles. The minimum atomic E-state index is -0.227. The van der Waals surface area contributed by atoms with Gasteiger partial charge in [-0.3, -0.25) is 9.59 Å². The average Bonchev–Trinajstić information content (AvgIpc) is 3.30. The Hall–Kier alpha value is -3.07. The van der Waals surface area contributed by atoms with Crippen molar-refractivity contribution in [2.75, 3.05) is 22.5 Å². The van der Waals surface area contributed by atoms with E-state index < -0.39 is 0 Å². The second-order valence-corrected chi connectivity index (χ2v) is 6.11. The van der Waals surface area contributed by atoms with Crippen LogP contribution in [0.3, 0.4) is 0 Å². The van der Waals surface area contributed by atoms with Crippen molar-refractivity contribution < 1.29 is 18.4 Å². The van der Waals surface area contributed by atoms with E-state index in [0.717, 1.165) is 11.8 Å². The summed E-state index contributed by atoms with van der Waals surface area (Å²) in [5.74, 6) is 0.344. The third kappa shape index (κ3) is 3.13. The van der Waals surface area contributed by atoms with Gasteiger partial charge < -0.3 is 19.1 Å². The quantitative estimate of drug-likeness (QED) is 0.716. The minimum Gasteiger partial charge on any atom is -0.459 e. The number of anilines is 2.